The monoisotopic (exact) mass is 164 g/mol. The second kappa shape index (κ2) is 6.17. The fourth-order valence-corrected chi connectivity index (χ4v) is 0. The van der Waals surface area contributed by atoms with Crippen LogP contribution >= 0.6 is 0 Å². The number of hydrogen-bond donors (Lipinski definition) is 1. The SMILES string of the molecule is [K+].[O-][Si]([O-])([O-])O.[S+2]. The maximum Gasteiger partial charge on any atom is 2.00 e. The predicted molar refractivity (Wildman–Crippen MR) is 15.3 cm³/mol. The van der Waals surface area contributed by atoms with Crippen LogP contribution in [-0.4, -0.2) is 13.8 Å². The first-order valence-corrected chi connectivity index (χ1v) is 2.51. The first kappa shape index (κ1) is 16.0. The molecule has 0 aliphatic heterocycles. The van der Waals surface area contributed by atoms with Crippen molar-refractivity contribution in [3.8, 4) is 0 Å². The van der Waals surface area contributed by atoms with Crippen molar-refractivity contribution in [3.05, 3.63) is 0 Å². The Hall–Kier alpha value is 2.04. The van der Waals surface area contributed by atoms with E-state index in [-0.39, 0.29) is 64.9 Å². The molecule has 0 saturated carbocycles. The van der Waals surface area contributed by atoms with Gasteiger partial charge in [0.25, 0.3) is 0 Å². The third-order valence-corrected chi connectivity index (χ3v) is 0. The Morgan fingerprint density at radius 3 is 1.14 bits per heavy atom. The van der Waals surface area contributed by atoms with Gasteiger partial charge in [-0.15, -0.1) is 9.05 Å². The molecule has 0 fully saturated rings. The van der Waals surface area contributed by atoms with Crippen LogP contribution < -0.4 is 65.8 Å². The van der Waals surface area contributed by atoms with Crippen LogP contribution in [-0.2, 0) is 13.5 Å². The fourth-order valence-electron chi connectivity index (χ4n) is 0. The van der Waals surface area contributed by atoms with Gasteiger partial charge in [-0.3, -0.25) is 0 Å². The van der Waals surface area contributed by atoms with Gasteiger partial charge in [0.05, 0.1) is 0 Å². The summed E-state index contributed by atoms with van der Waals surface area (Å²) in [5.41, 5.74) is 0. The van der Waals surface area contributed by atoms with Crippen molar-refractivity contribution in [2.24, 2.45) is 0 Å². The molecule has 0 aromatic carbocycles. The van der Waals surface area contributed by atoms with E-state index in [0.29, 0.717) is 0 Å². The van der Waals surface area contributed by atoms with Crippen LogP contribution in [0.4, 0.5) is 0 Å². The molecular weight excluding hydrogens is 163 g/mol. The Morgan fingerprint density at radius 1 is 1.14 bits per heavy atom. The van der Waals surface area contributed by atoms with E-state index in [1.165, 1.54) is 0 Å². The van der Waals surface area contributed by atoms with Gasteiger partial charge in [0, 0.05) is 0 Å². The standard InChI is InChI=1S/K.HO4Si.S/c;1-5(2,3)4;/h;1H;/q+1;-3;+2. The van der Waals surface area contributed by atoms with Gasteiger partial charge in [0.2, 0.25) is 0 Å². The topological polar surface area (TPSA) is 89.4 Å². The van der Waals surface area contributed by atoms with Gasteiger partial charge < -0.3 is 19.2 Å². The summed E-state index contributed by atoms with van der Waals surface area (Å²) in [6.45, 7) is 0. The summed E-state index contributed by atoms with van der Waals surface area (Å²) in [5, 5.41) is 0. The van der Waals surface area contributed by atoms with Gasteiger partial charge in [-0.05, 0) is 0 Å². The van der Waals surface area contributed by atoms with Crippen molar-refractivity contribution in [1.29, 1.82) is 0 Å². The molecule has 0 aromatic heterocycles. The van der Waals surface area contributed by atoms with Crippen molar-refractivity contribution in [2.75, 3.05) is 0 Å². The molecule has 0 atom stereocenters. The minimum Gasteiger partial charge on any atom is -0.861 e. The third-order valence-electron chi connectivity index (χ3n) is 0. The molecule has 0 rings (SSSR count). The van der Waals surface area contributed by atoms with E-state index in [0.717, 1.165) is 0 Å². The molecule has 0 spiro atoms. The van der Waals surface area contributed by atoms with Gasteiger partial charge in [-0.2, -0.15) is 0 Å². The first-order chi connectivity index (χ1) is 2.00. The summed E-state index contributed by atoms with van der Waals surface area (Å²) >= 11 is 0. The van der Waals surface area contributed by atoms with E-state index in [1.807, 2.05) is 0 Å². The van der Waals surface area contributed by atoms with E-state index < -0.39 is 9.05 Å². The van der Waals surface area contributed by atoms with Gasteiger partial charge >= 0.3 is 64.9 Å². The second-order valence-corrected chi connectivity index (χ2v) is 1.57. The summed E-state index contributed by atoms with van der Waals surface area (Å²) in [6, 6.07) is 0. The quantitative estimate of drug-likeness (QED) is 0.360. The minimum atomic E-state index is -5.36. The molecule has 4 radical (unpaired) electrons. The van der Waals surface area contributed by atoms with Crippen molar-refractivity contribution < 1.29 is 70.6 Å². The summed E-state index contributed by atoms with van der Waals surface area (Å²) in [6.07, 6.45) is 0. The largest absolute Gasteiger partial charge is 2.00 e. The number of rotatable bonds is 0. The second-order valence-electron chi connectivity index (χ2n) is 0.524. The van der Waals surface area contributed by atoms with Gasteiger partial charge in [0.15, 0.2) is 0 Å². The van der Waals surface area contributed by atoms with Crippen LogP contribution in [0.2, 0.25) is 0 Å². The smallest absolute Gasteiger partial charge is 0.861 e. The van der Waals surface area contributed by atoms with Crippen LogP contribution in [0.15, 0.2) is 0 Å². The number of hydrogen-bond acceptors (Lipinski definition) is 4. The van der Waals surface area contributed by atoms with Crippen LogP contribution in [0.25, 0.3) is 0 Å². The van der Waals surface area contributed by atoms with Crippen molar-refractivity contribution in [1.82, 2.24) is 0 Å². The average molecular weight is 164 g/mol. The molecule has 0 bridgehead atoms. The maximum absolute atomic E-state index is 8.69. The van der Waals surface area contributed by atoms with E-state index in [2.05, 4.69) is 0 Å². The molecule has 0 aliphatic carbocycles. The molecule has 4 nitrogen and oxygen atoms in total. The molecule has 7 heteroatoms. The molecule has 0 aromatic rings. The predicted octanol–water partition coefficient (Wildman–Crippen LogP) is -7.50. The Kier molecular flexibility index (Phi) is 14.1. The van der Waals surface area contributed by atoms with Crippen LogP contribution in [0.3, 0.4) is 0 Å². The van der Waals surface area contributed by atoms with Gasteiger partial charge in [-0.25, -0.2) is 0 Å². The molecule has 7 heavy (non-hydrogen) atoms. The van der Waals surface area contributed by atoms with Crippen molar-refractivity contribution in [2.45, 2.75) is 0 Å². The average Bonchev–Trinajstić information content (AvgIpc) is 0.722. The van der Waals surface area contributed by atoms with Gasteiger partial charge in [-0.1, -0.05) is 0 Å². The zero-order valence-corrected chi connectivity index (χ0v) is 8.52. The van der Waals surface area contributed by atoms with Crippen molar-refractivity contribution in [3.63, 3.8) is 0 Å². The molecule has 0 heterocycles. The first-order valence-electron chi connectivity index (χ1n) is 0.836. The summed E-state index contributed by atoms with van der Waals surface area (Å²) in [7, 11) is -5.36. The normalized spacial score (nSPS) is 8.57. The van der Waals surface area contributed by atoms with E-state index in [9.17, 15) is 0 Å². The zero-order valence-electron chi connectivity index (χ0n) is 3.58. The molecule has 0 unspecified atom stereocenters. The minimum absolute atomic E-state index is 0. The third kappa shape index (κ3) is 70.4. The van der Waals surface area contributed by atoms with E-state index >= 15 is 0 Å². The Bertz CT molecular complexity index is 27.2. The van der Waals surface area contributed by atoms with E-state index in [1.54, 1.807) is 0 Å². The summed E-state index contributed by atoms with van der Waals surface area (Å²) in [5.74, 6) is 0. The fraction of sp³-hybridized carbons (Fsp3) is 0. The summed E-state index contributed by atoms with van der Waals surface area (Å²) in [4.78, 5) is 33.1. The molecule has 0 aliphatic rings. The van der Waals surface area contributed by atoms with Gasteiger partial charge in [0.1, 0.15) is 0 Å². The zero-order chi connectivity index (χ0) is 4.50. The molecule has 1 N–H and O–H groups in total. The van der Waals surface area contributed by atoms with Crippen LogP contribution in [0, 0.1) is 0 Å². The summed E-state index contributed by atoms with van der Waals surface area (Å²) < 4.78 is 0. The molecule has 0 saturated heterocycles. The Morgan fingerprint density at radius 2 is 1.14 bits per heavy atom. The molecular formula is HKO4SSi. The maximum atomic E-state index is 8.69. The Balaban J connectivity index is -0.0000000800. The van der Waals surface area contributed by atoms with Crippen LogP contribution in [0.5, 0.6) is 0 Å². The van der Waals surface area contributed by atoms with Crippen LogP contribution in [0.1, 0.15) is 0 Å². The van der Waals surface area contributed by atoms with E-state index in [4.69, 9.17) is 19.2 Å². The Labute approximate surface area is 91.5 Å². The van der Waals surface area contributed by atoms with Crippen molar-refractivity contribution >= 4 is 22.5 Å². The molecule has 0 amide bonds. The molecule has 36 valence electrons.